The van der Waals surface area contributed by atoms with Crippen LogP contribution < -0.4 is 0 Å². The molecule has 0 saturated heterocycles. The van der Waals surface area contributed by atoms with E-state index in [0.29, 0.717) is 17.2 Å². The van der Waals surface area contributed by atoms with Gasteiger partial charge in [-0.3, -0.25) is 10.1 Å². The quantitative estimate of drug-likeness (QED) is 0.453. The van der Waals surface area contributed by atoms with Crippen LogP contribution in [0, 0.1) is 10.1 Å². The fourth-order valence-corrected chi connectivity index (χ4v) is 2.49. The van der Waals surface area contributed by atoms with E-state index >= 15 is 0 Å². The highest BCUT2D eigenvalue weighted by Crippen LogP contribution is 2.27. The minimum Gasteiger partial charge on any atom is -0.264 e. The van der Waals surface area contributed by atoms with Gasteiger partial charge in [0.15, 0.2) is 0 Å². The molecular formula is C10H12ClNO2S. The van der Waals surface area contributed by atoms with Crippen LogP contribution in [0.15, 0.2) is 29.2 Å². The number of halogens is 1. The van der Waals surface area contributed by atoms with Crippen LogP contribution in [0.4, 0.5) is 0 Å². The molecule has 0 aliphatic heterocycles. The molecule has 0 saturated carbocycles. The second-order valence-corrected chi connectivity index (χ2v) is 4.56. The van der Waals surface area contributed by atoms with Crippen molar-refractivity contribution in [1.29, 1.82) is 0 Å². The third kappa shape index (κ3) is 3.72. The Bertz CT molecular complexity index is 346. The van der Waals surface area contributed by atoms with Crippen LogP contribution in [0.25, 0.3) is 0 Å². The van der Waals surface area contributed by atoms with E-state index in [-0.39, 0.29) is 4.92 Å². The highest BCUT2D eigenvalue weighted by atomic mass is 35.5. The molecule has 1 atom stereocenters. The lowest BCUT2D eigenvalue weighted by Gasteiger charge is -2.07. The Morgan fingerprint density at radius 2 is 2.20 bits per heavy atom. The summed E-state index contributed by atoms with van der Waals surface area (Å²) >= 11 is 7.37. The maximum atomic E-state index is 10.6. The van der Waals surface area contributed by atoms with E-state index in [4.69, 9.17) is 11.6 Å². The van der Waals surface area contributed by atoms with E-state index in [0.717, 1.165) is 4.90 Å². The van der Waals surface area contributed by atoms with Crippen molar-refractivity contribution in [2.45, 2.75) is 24.3 Å². The third-order valence-corrected chi connectivity index (χ3v) is 3.70. The maximum absolute atomic E-state index is 10.6. The molecule has 1 aromatic carbocycles. The summed E-state index contributed by atoms with van der Waals surface area (Å²) in [5.41, 5.74) is 0. The SMILES string of the molecule is CCC(CSc1ccccc1Cl)[N+](=O)[O-]. The zero-order chi connectivity index (χ0) is 11.3. The number of nitro groups is 1. The molecule has 0 fully saturated rings. The van der Waals surface area contributed by atoms with Crippen molar-refractivity contribution in [2.75, 3.05) is 5.75 Å². The van der Waals surface area contributed by atoms with Crippen LogP contribution >= 0.6 is 23.4 Å². The van der Waals surface area contributed by atoms with Gasteiger partial charge in [-0.25, -0.2) is 0 Å². The molecule has 0 aromatic heterocycles. The third-order valence-electron chi connectivity index (χ3n) is 2.04. The topological polar surface area (TPSA) is 43.1 Å². The summed E-state index contributed by atoms with van der Waals surface area (Å²) in [6.45, 7) is 1.82. The minimum atomic E-state index is -0.494. The number of benzene rings is 1. The van der Waals surface area contributed by atoms with E-state index in [1.807, 2.05) is 25.1 Å². The van der Waals surface area contributed by atoms with Gasteiger partial charge < -0.3 is 0 Å². The Kier molecular flexibility index (Phi) is 4.91. The number of hydrogen-bond acceptors (Lipinski definition) is 3. The number of hydrogen-bond donors (Lipinski definition) is 0. The molecule has 0 aliphatic carbocycles. The Morgan fingerprint density at radius 1 is 1.53 bits per heavy atom. The lowest BCUT2D eigenvalue weighted by atomic mass is 10.3. The van der Waals surface area contributed by atoms with Crippen molar-refractivity contribution >= 4 is 23.4 Å². The summed E-state index contributed by atoms with van der Waals surface area (Å²) < 4.78 is 0. The molecule has 1 unspecified atom stereocenters. The Morgan fingerprint density at radius 3 is 2.73 bits per heavy atom. The Labute approximate surface area is 98.0 Å². The first-order valence-electron chi connectivity index (χ1n) is 4.66. The maximum Gasteiger partial charge on any atom is 0.222 e. The molecule has 1 aromatic rings. The first-order valence-corrected chi connectivity index (χ1v) is 6.02. The van der Waals surface area contributed by atoms with Crippen molar-refractivity contribution in [3.63, 3.8) is 0 Å². The van der Waals surface area contributed by atoms with Crippen LogP contribution in [0.5, 0.6) is 0 Å². The van der Waals surface area contributed by atoms with Crippen molar-refractivity contribution < 1.29 is 4.92 Å². The Hall–Kier alpha value is -0.740. The predicted molar refractivity (Wildman–Crippen MR) is 63.2 cm³/mol. The largest absolute Gasteiger partial charge is 0.264 e. The zero-order valence-electron chi connectivity index (χ0n) is 8.35. The summed E-state index contributed by atoms with van der Waals surface area (Å²) in [6, 6.07) is 6.89. The van der Waals surface area contributed by atoms with E-state index in [1.54, 1.807) is 6.07 Å². The molecule has 15 heavy (non-hydrogen) atoms. The molecule has 0 N–H and O–H groups in total. The van der Waals surface area contributed by atoms with Crippen molar-refractivity contribution in [3.05, 3.63) is 39.4 Å². The fourth-order valence-electron chi connectivity index (χ4n) is 1.08. The average Bonchev–Trinajstić information content (AvgIpc) is 2.21. The highest BCUT2D eigenvalue weighted by Gasteiger charge is 2.17. The van der Waals surface area contributed by atoms with Gasteiger partial charge in [0.2, 0.25) is 6.04 Å². The van der Waals surface area contributed by atoms with Gasteiger partial charge in [0, 0.05) is 16.2 Å². The first kappa shape index (κ1) is 12.3. The van der Waals surface area contributed by atoms with Gasteiger partial charge in [-0.15, -0.1) is 11.8 Å². The van der Waals surface area contributed by atoms with Crippen molar-refractivity contribution in [2.24, 2.45) is 0 Å². The summed E-state index contributed by atoms with van der Waals surface area (Å²) in [5.74, 6) is 0.466. The predicted octanol–water partition coefficient (Wildman–Crippen LogP) is 3.49. The molecular weight excluding hydrogens is 234 g/mol. The first-order chi connectivity index (χ1) is 7.15. The second kappa shape index (κ2) is 5.98. The van der Waals surface area contributed by atoms with Gasteiger partial charge in [-0.2, -0.15) is 0 Å². The van der Waals surface area contributed by atoms with Crippen molar-refractivity contribution in [1.82, 2.24) is 0 Å². The lowest BCUT2D eigenvalue weighted by molar-refractivity contribution is -0.516. The summed E-state index contributed by atoms with van der Waals surface area (Å²) in [5, 5.41) is 11.2. The Balaban J connectivity index is 2.56. The molecule has 5 heteroatoms. The molecule has 0 radical (unpaired) electrons. The van der Waals surface area contributed by atoms with Crippen LogP contribution in [0.1, 0.15) is 13.3 Å². The molecule has 0 heterocycles. The molecule has 3 nitrogen and oxygen atoms in total. The smallest absolute Gasteiger partial charge is 0.222 e. The van der Waals surface area contributed by atoms with E-state index < -0.39 is 6.04 Å². The lowest BCUT2D eigenvalue weighted by Crippen LogP contribution is -2.20. The van der Waals surface area contributed by atoms with Crippen LogP contribution in [0.3, 0.4) is 0 Å². The van der Waals surface area contributed by atoms with Gasteiger partial charge in [-0.1, -0.05) is 30.7 Å². The zero-order valence-corrected chi connectivity index (χ0v) is 9.92. The molecule has 1 rings (SSSR count). The van der Waals surface area contributed by atoms with Crippen LogP contribution in [-0.4, -0.2) is 16.7 Å². The van der Waals surface area contributed by atoms with Gasteiger partial charge in [-0.05, 0) is 12.1 Å². The summed E-state index contributed by atoms with van der Waals surface area (Å²) in [7, 11) is 0. The molecule has 0 bridgehead atoms. The number of thioether (sulfide) groups is 1. The molecule has 0 spiro atoms. The summed E-state index contributed by atoms with van der Waals surface area (Å²) in [4.78, 5) is 11.3. The van der Waals surface area contributed by atoms with E-state index in [1.165, 1.54) is 11.8 Å². The monoisotopic (exact) mass is 245 g/mol. The fraction of sp³-hybridized carbons (Fsp3) is 0.400. The van der Waals surface area contributed by atoms with Crippen LogP contribution in [-0.2, 0) is 0 Å². The number of rotatable bonds is 5. The van der Waals surface area contributed by atoms with Gasteiger partial charge in [0.25, 0.3) is 0 Å². The van der Waals surface area contributed by atoms with Gasteiger partial charge in [0.05, 0.1) is 10.8 Å². The normalized spacial score (nSPS) is 12.4. The van der Waals surface area contributed by atoms with Gasteiger partial charge >= 0.3 is 0 Å². The second-order valence-electron chi connectivity index (χ2n) is 3.09. The van der Waals surface area contributed by atoms with Crippen molar-refractivity contribution in [3.8, 4) is 0 Å². The standard InChI is InChI=1S/C10H12ClNO2S/c1-2-8(12(13)14)7-15-10-6-4-3-5-9(10)11/h3-6,8H,2,7H2,1H3. The number of nitrogens with zero attached hydrogens (tertiary/aromatic N) is 1. The van der Waals surface area contributed by atoms with E-state index in [9.17, 15) is 10.1 Å². The van der Waals surface area contributed by atoms with Gasteiger partial charge in [0.1, 0.15) is 0 Å². The average molecular weight is 246 g/mol. The minimum absolute atomic E-state index is 0.232. The summed E-state index contributed by atoms with van der Waals surface area (Å²) in [6.07, 6.45) is 0.546. The van der Waals surface area contributed by atoms with E-state index in [2.05, 4.69) is 0 Å². The molecule has 0 aliphatic rings. The van der Waals surface area contributed by atoms with Crippen LogP contribution in [0.2, 0.25) is 5.02 Å². The molecule has 82 valence electrons. The molecule has 0 amide bonds. The highest BCUT2D eigenvalue weighted by molar-refractivity contribution is 7.99.